The highest BCUT2D eigenvalue weighted by Crippen LogP contribution is 2.41. The molecule has 3 heterocycles. The fraction of sp³-hybridized carbons (Fsp3) is 0.0625. The van der Waals surface area contributed by atoms with Gasteiger partial charge in [0.05, 0.1) is 23.8 Å². The molecule has 0 saturated heterocycles. The van der Waals surface area contributed by atoms with E-state index in [-0.39, 0.29) is 5.70 Å². The van der Waals surface area contributed by atoms with Gasteiger partial charge >= 0.3 is 6.18 Å². The number of hydrogen-bond acceptors (Lipinski definition) is 4. The molecule has 0 radical (unpaired) electrons. The van der Waals surface area contributed by atoms with E-state index in [9.17, 15) is 18.4 Å². The molecule has 2 aromatic carbocycles. The van der Waals surface area contributed by atoms with Crippen LogP contribution in [0.2, 0.25) is 0 Å². The van der Waals surface area contributed by atoms with E-state index in [2.05, 4.69) is 29.1 Å². The largest absolute Gasteiger partial charge is 0.416 e. The van der Waals surface area contributed by atoms with Crippen molar-refractivity contribution in [3.8, 4) is 25.6 Å². The van der Waals surface area contributed by atoms with Gasteiger partial charge in [-0.1, -0.05) is 54.1 Å². The van der Waals surface area contributed by atoms with Gasteiger partial charge < -0.3 is 0 Å². The molecule has 0 amide bonds. The number of thiophene rings is 3. The Bertz CT molecular complexity index is 1800. The Kier molecular flexibility index (Phi) is 7.86. The minimum atomic E-state index is -4.41. The Hall–Kier alpha value is -4.21. The monoisotopic (exact) mass is 584 g/mol. The highest BCUT2D eigenvalue weighted by molar-refractivity contribution is 7.26. The van der Waals surface area contributed by atoms with E-state index >= 15 is 0 Å². The molecule has 0 fully saturated rings. The van der Waals surface area contributed by atoms with Gasteiger partial charge in [0.25, 0.3) is 0 Å². The summed E-state index contributed by atoms with van der Waals surface area (Å²) in [5, 5.41) is 9.67. The summed E-state index contributed by atoms with van der Waals surface area (Å²) in [5.74, 6) is 0. The molecule has 0 unspecified atom stereocenters. The molecular formula is C32H19F3N2S3. The zero-order chi connectivity index (χ0) is 28.3. The Morgan fingerprint density at radius 1 is 0.725 bits per heavy atom. The SMILES string of the molecule is [C-]#[N+]/C(=C\c1ccc(-c2ccc(-c3ccc(/C=C(\C#N)c4ccc(C)cc4)s3)s2)s1)c1ccc(C(F)(F)F)cc1. The summed E-state index contributed by atoms with van der Waals surface area (Å²) in [6, 6.07) is 27.0. The number of rotatable bonds is 6. The van der Waals surface area contributed by atoms with Gasteiger partial charge in [0, 0.05) is 29.3 Å². The predicted molar refractivity (Wildman–Crippen MR) is 162 cm³/mol. The number of aryl methyl sites for hydroxylation is 1. The molecule has 0 aliphatic rings. The fourth-order valence-electron chi connectivity index (χ4n) is 3.93. The maximum Gasteiger partial charge on any atom is 0.416 e. The Morgan fingerprint density at radius 2 is 1.23 bits per heavy atom. The molecule has 5 rings (SSSR count). The number of nitriles is 1. The maximum atomic E-state index is 12.9. The molecule has 0 saturated carbocycles. The minimum absolute atomic E-state index is 0.288. The standard InChI is InChI=1S/C32H19F3N2S3/c1-20-3-5-21(6-4-20)23(19-36)17-25-11-13-28(38-25)30-15-16-31(40-30)29-14-12-26(39-29)18-27(37-2)22-7-9-24(10-8-22)32(33,34)35/h3-18H,1H3/b23-17+,27-18-. The van der Waals surface area contributed by atoms with Crippen molar-refractivity contribution in [1.29, 1.82) is 5.26 Å². The van der Waals surface area contributed by atoms with Crippen molar-refractivity contribution in [3.63, 3.8) is 0 Å². The van der Waals surface area contributed by atoms with Crippen LogP contribution in [-0.4, -0.2) is 0 Å². The first-order valence-corrected chi connectivity index (χ1v) is 14.4. The molecule has 196 valence electrons. The van der Waals surface area contributed by atoms with Gasteiger partial charge in [-0.3, -0.25) is 0 Å². The minimum Gasteiger partial charge on any atom is -0.237 e. The molecular weight excluding hydrogens is 566 g/mol. The average Bonchev–Trinajstić information content (AvgIpc) is 3.71. The van der Waals surface area contributed by atoms with Crippen LogP contribution in [-0.2, 0) is 6.18 Å². The van der Waals surface area contributed by atoms with Crippen LogP contribution in [0.4, 0.5) is 13.2 Å². The Morgan fingerprint density at radius 3 is 1.75 bits per heavy atom. The van der Waals surface area contributed by atoms with Gasteiger partial charge in [-0.15, -0.1) is 34.0 Å². The van der Waals surface area contributed by atoms with E-state index in [0.717, 1.165) is 52.5 Å². The van der Waals surface area contributed by atoms with Crippen molar-refractivity contribution in [2.24, 2.45) is 0 Å². The molecule has 3 aromatic heterocycles. The summed E-state index contributed by atoms with van der Waals surface area (Å²) in [5.41, 5.74) is 2.65. The number of benzene rings is 2. The first kappa shape index (κ1) is 27.4. The lowest BCUT2D eigenvalue weighted by Gasteiger charge is -2.07. The van der Waals surface area contributed by atoms with Crippen LogP contribution in [0.5, 0.6) is 0 Å². The van der Waals surface area contributed by atoms with Gasteiger partial charge in [0.15, 0.2) is 5.70 Å². The van der Waals surface area contributed by atoms with Crippen LogP contribution in [0.25, 0.3) is 47.8 Å². The smallest absolute Gasteiger partial charge is 0.237 e. The summed E-state index contributed by atoms with van der Waals surface area (Å²) in [6.45, 7) is 9.54. The van der Waals surface area contributed by atoms with Crippen LogP contribution in [0.1, 0.15) is 32.0 Å². The van der Waals surface area contributed by atoms with Crippen molar-refractivity contribution >= 4 is 57.4 Å². The number of halogens is 3. The highest BCUT2D eigenvalue weighted by Gasteiger charge is 2.30. The molecule has 0 spiro atoms. The lowest BCUT2D eigenvalue weighted by atomic mass is 10.0. The lowest BCUT2D eigenvalue weighted by molar-refractivity contribution is -0.137. The van der Waals surface area contributed by atoms with Crippen molar-refractivity contribution in [2.75, 3.05) is 0 Å². The molecule has 40 heavy (non-hydrogen) atoms. The normalized spacial score (nSPS) is 12.2. The molecule has 5 aromatic rings. The Labute approximate surface area is 242 Å². The number of hydrogen-bond donors (Lipinski definition) is 0. The van der Waals surface area contributed by atoms with E-state index < -0.39 is 11.7 Å². The van der Waals surface area contributed by atoms with Gasteiger partial charge in [-0.05, 0) is 66.6 Å². The van der Waals surface area contributed by atoms with E-state index in [1.807, 2.05) is 55.5 Å². The third-order valence-electron chi connectivity index (χ3n) is 6.02. The highest BCUT2D eigenvalue weighted by atomic mass is 32.1. The van der Waals surface area contributed by atoms with Crippen molar-refractivity contribution < 1.29 is 13.2 Å². The molecule has 8 heteroatoms. The zero-order valence-corrected chi connectivity index (χ0v) is 23.4. The second-order valence-electron chi connectivity index (χ2n) is 8.82. The molecule has 0 bridgehead atoms. The molecule has 0 aliphatic heterocycles. The quantitative estimate of drug-likeness (QED) is 0.144. The van der Waals surface area contributed by atoms with E-state index in [4.69, 9.17) is 6.57 Å². The van der Waals surface area contributed by atoms with Gasteiger partial charge in [-0.25, -0.2) is 4.85 Å². The topological polar surface area (TPSA) is 28.1 Å². The van der Waals surface area contributed by atoms with Crippen LogP contribution < -0.4 is 0 Å². The second kappa shape index (κ2) is 11.5. The first-order valence-electron chi connectivity index (χ1n) is 12.0. The molecule has 0 N–H and O–H groups in total. The zero-order valence-electron chi connectivity index (χ0n) is 21.0. The molecule has 2 nitrogen and oxygen atoms in total. The third-order valence-corrected chi connectivity index (χ3v) is 9.56. The van der Waals surface area contributed by atoms with Crippen LogP contribution in [0.3, 0.4) is 0 Å². The van der Waals surface area contributed by atoms with E-state index in [0.29, 0.717) is 11.1 Å². The summed E-state index contributed by atoms with van der Waals surface area (Å²) in [7, 11) is 0. The van der Waals surface area contributed by atoms with E-state index in [1.165, 1.54) is 23.5 Å². The second-order valence-corrected chi connectivity index (χ2v) is 12.1. The summed E-state index contributed by atoms with van der Waals surface area (Å²) >= 11 is 4.81. The van der Waals surface area contributed by atoms with Crippen molar-refractivity contribution in [1.82, 2.24) is 0 Å². The van der Waals surface area contributed by atoms with E-state index in [1.54, 1.807) is 28.7 Å². The number of alkyl halides is 3. The van der Waals surface area contributed by atoms with Gasteiger partial charge in [0.2, 0.25) is 0 Å². The fourth-order valence-corrected chi connectivity index (χ4v) is 7.01. The number of nitrogens with zero attached hydrogens (tertiary/aromatic N) is 2. The summed E-state index contributed by atoms with van der Waals surface area (Å²) < 4.78 is 38.6. The molecule has 0 atom stereocenters. The predicted octanol–water partition coefficient (Wildman–Crippen LogP) is 11.0. The Balaban J connectivity index is 1.34. The van der Waals surface area contributed by atoms with Crippen molar-refractivity contribution in [3.05, 3.63) is 128 Å². The van der Waals surface area contributed by atoms with Crippen LogP contribution in [0, 0.1) is 24.8 Å². The van der Waals surface area contributed by atoms with Gasteiger partial charge in [0.1, 0.15) is 0 Å². The van der Waals surface area contributed by atoms with Crippen LogP contribution in [0.15, 0.2) is 84.9 Å². The molecule has 0 aliphatic carbocycles. The average molecular weight is 585 g/mol. The lowest BCUT2D eigenvalue weighted by Crippen LogP contribution is -2.04. The first-order chi connectivity index (χ1) is 19.2. The van der Waals surface area contributed by atoms with Crippen molar-refractivity contribution in [2.45, 2.75) is 13.1 Å². The summed E-state index contributed by atoms with van der Waals surface area (Å²) in [6.07, 6.45) is -0.793. The van der Waals surface area contributed by atoms with Crippen LogP contribution >= 0.6 is 34.0 Å². The maximum absolute atomic E-state index is 12.9. The number of allylic oxidation sites excluding steroid dienone is 1. The van der Waals surface area contributed by atoms with Gasteiger partial charge in [-0.2, -0.15) is 18.4 Å². The third kappa shape index (κ3) is 6.16. The summed E-state index contributed by atoms with van der Waals surface area (Å²) in [4.78, 5) is 9.74.